The van der Waals surface area contributed by atoms with Crippen LogP contribution in [0.1, 0.15) is 45.4 Å². The summed E-state index contributed by atoms with van der Waals surface area (Å²) in [7, 11) is 0. The van der Waals surface area contributed by atoms with Crippen molar-refractivity contribution < 1.29 is 9.53 Å². The van der Waals surface area contributed by atoms with Crippen LogP contribution in [-0.4, -0.2) is 40.7 Å². The van der Waals surface area contributed by atoms with E-state index in [-0.39, 0.29) is 5.91 Å². The van der Waals surface area contributed by atoms with E-state index in [9.17, 15) is 4.79 Å². The zero-order valence-electron chi connectivity index (χ0n) is 13.8. The van der Waals surface area contributed by atoms with E-state index in [1.807, 2.05) is 36.1 Å². The molecule has 6 heteroatoms. The first kappa shape index (κ1) is 15.6. The molecule has 1 atom stereocenters. The van der Waals surface area contributed by atoms with Gasteiger partial charge in [0, 0.05) is 35.9 Å². The Labute approximate surface area is 145 Å². The molecule has 2 fully saturated rings. The number of thiophene rings is 1. The van der Waals surface area contributed by atoms with Gasteiger partial charge in [0.1, 0.15) is 0 Å². The second-order valence-electron chi connectivity index (χ2n) is 6.70. The SMILES string of the molecule is Cc1ccc(C(=O)N2CCC(COc3ccc(C4CC4)nn3)C2)s1. The van der Waals surface area contributed by atoms with Crippen LogP contribution in [0.5, 0.6) is 5.88 Å². The number of nitrogens with zero attached hydrogens (tertiary/aromatic N) is 3. The van der Waals surface area contributed by atoms with Crippen molar-refractivity contribution in [3.05, 3.63) is 39.7 Å². The van der Waals surface area contributed by atoms with Crippen molar-refractivity contribution >= 4 is 17.2 Å². The van der Waals surface area contributed by atoms with Crippen LogP contribution in [0.25, 0.3) is 0 Å². The molecule has 5 nitrogen and oxygen atoms in total. The third-order valence-corrected chi connectivity index (χ3v) is 5.64. The van der Waals surface area contributed by atoms with Gasteiger partial charge in [-0.25, -0.2) is 0 Å². The molecule has 1 saturated carbocycles. The van der Waals surface area contributed by atoms with Crippen molar-refractivity contribution in [1.82, 2.24) is 15.1 Å². The fourth-order valence-electron chi connectivity index (χ4n) is 3.07. The Morgan fingerprint density at radius 3 is 2.79 bits per heavy atom. The average Bonchev–Trinajstić information content (AvgIpc) is 3.18. The smallest absolute Gasteiger partial charge is 0.263 e. The van der Waals surface area contributed by atoms with Crippen molar-refractivity contribution in [2.45, 2.75) is 32.1 Å². The summed E-state index contributed by atoms with van der Waals surface area (Å²) in [6.07, 6.45) is 3.43. The largest absolute Gasteiger partial charge is 0.476 e. The summed E-state index contributed by atoms with van der Waals surface area (Å²) in [5.74, 6) is 1.70. The van der Waals surface area contributed by atoms with Gasteiger partial charge in [0.15, 0.2) is 0 Å². The van der Waals surface area contributed by atoms with Crippen molar-refractivity contribution in [3.63, 3.8) is 0 Å². The summed E-state index contributed by atoms with van der Waals surface area (Å²) in [5.41, 5.74) is 1.08. The molecular formula is C18H21N3O2S. The lowest BCUT2D eigenvalue weighted by Gasteiger charge is -2.15. The first-order chi connectivity index (χ1) is 11.7. The lowest BCUT2D eigenvalue weighted by atomic mass is 10.1. The molecular weight excluding hydrogens is 322 g/mol. The van der Waals surface area contributed by atoms with Gasteiger partial charge in [0.25, 0.3) is 5.91 Å². The second-order valence-corrected chi connectivity index (χ2v) is 7.99. The van der Waals surface area contributed by atoms with Gasteiger partial charge >= 0.3 is 0 Å². The summed E-state index contributed by atoms with van der Waals surface area (Å²) in [5, 5.41) is 8.39. The molecule has 0 radical (unpaired) electrons. The molecule has 2 aliphatic rings. The zero-order chi connectivity index (χ0) is 16.5. The van der Waals surface area contributed by atoms with Gasteiger partial charge in [-0.15, -0.1) is 16.4 Å². The molecule has 0 bridgehead atoms. The fourth-order valence-corrected chi connectivity index (χ4v) is 3.90. The Morgan fingerprint density at radius 2 is 2.12 bits per heavy atom. The number of likely N-dealkylation sites (tertiary alicyclic amines) is 1. The lowest BCUT2D eigenvalue weighted by molar-refractivity contribution is 0.0787. The highest BCUT2D eigenvalue weighted by Crippen LogP contribution is 2.38. The summed E-state index contributed by atoms with van der Waals surface area (Å²) in [4.78, 5) is 16.4. The van der Waals surface area contributed by atoms with Gasteiger partial charge in [-0.3, -0.25) is 4.79 Å². The Bertz CT molecular complexity index is 724. The minimum atomic E-state index is 0.143. The highest BCUT2D eigenvalue weighted by Gasteiger charge is 2.28. The third kappa shape index (κ3) is 3.43. The van der Waals surface area contributed by atoms with E-state index < -0.39 is 0 Å². The molecule has 1 saturated heterocycles. The number of hydrogen-bond donors (Lipinski definition) is 0. The van der Waals surface area contributed by atoms with E-state index >= 15 is 0 Å². The van der Waals surface area contributed by atoms with Crippen LogP contribution in [0.4, 0.5) is 0 Å². The van der Waals surface area contributed by atoms with Gasteiger partial charge in [0.05, 0.1) is 17.2 Å². The number of ether oxygens (including phenoxy) is 1. The number of rotatable bonds is 5. The number of amides is 1. The van der Waals surface area contributed by atoms with E-state index in [2.05, 4.69) is 10.2 Å². The molecule has 126 valence electrons. The molecule has 0 N–H and O–H groups in total. The van der Waals surface area contributed by atoms with Gasteiger partial charge in [-0.1, -0.05) is 0 Å². The van der Waals surface area contributed by atoms with E-state index in [1.54, 1.807) is 11.3 Å². The van der Waals surface area contributed by atoms with E-state index in [4.69, 9.17) is 4.74 Å². The molecule has 1 unspecified atom stereocenters. The highest BCUT2D eigenvalue weighted by molar-refractivity contribution is 7.13. The van der Waals surface area contributed by atoms with Crippen molar-refractivity contribution in [1.29, 1.82) is 0 Å². The summed E-state index contributed by atoms with van der Waals surface area (Å²) >= 11 is 1.56. The predicted molar refractivity (Wildman–Crippen MR) is 92.6 cm³/mol. The maximum Gasteiger partial charge on any atom is 0.263 e. The van der Waals surface area contributed by atoms with Gasteiger partial charge in [-0.2, -0.15) is 5.10 Å². The number of aromatic nitrogens is 2. The van der Waals surface area contributed by atoms with Crippen LogP contribution in [-0.2, 0) is 0 Å². The van der Waals surface area contributed by atoms with Crippen LogP contribution in [0.2, 0.25) is 0 Å². The topological polar surface area (TPSA) is 55.3 Å². The van der Waals surface area contributed by atoms with Gasteiger partial charge < -0.3 is 9.64 Å². The number of carbonyl (C=O) groups is 1. The second kappa shape index (κ2) is 6.51. The summed E-state index contributed by atoms with van der Waals surface area (Å²) in [6.45, 7) is 4.17. The molecule has 4 rings (SSSR count). The number of carbonyl (C=O) groups excluding carboxylic acids is 1. The number of hydrogen-bond acceptors (Lipinski definition) is 5. The minimum absolute atomic E-state index is 0.143. The standard InChI is InChI=1S/C18H21N3O2S/c1-12-2-6-16(24-12)18(22)21-9-8-13(10-21)11-23-17-7-5-15(19-20-17)14-3-4-14/h2,5-7,13-14H,3-4,8-11H2,1H3. The maximum atomic E-state index is 12.5. The monoisotopic (exact) mass is 343 g/mol. The van der Waals surface area contributed by atoms with Gasteiger partial charge in [-0.05, 0) is 44.4 Å². The molecule has 2 aromatic heterocycles. The van der Waals surface area contributed by atoms with E-state index in [0.717, 1.165) is 30.1 Å². The Balaban J connectivity index is 1.28. The maximum absolute atomic E-state index is 12.5. The first-order valence-corrected chi connectivity index (χ1v) is 9.33. The third-order valence-electron chi connectivity index (χ3n) is 4.65. The quantitative estimate of drug-likeness (QED) is 0.836. The fraction of sp³-hybridized carbons (Fsp3) is 0.500. The summed E-state index contributed by atoms with van der Waals surface area (Å²) in [6, 6.07) is 7.85. The zero-order valence-corrected chi connectivity index (χ0v) is 14.6. The average molecular weight is 343 g/mol. The van der Waals surface area contributed by atoms with Crippen molar-refractivity contribution in [3.8, 4) is 5.88 Å². The molecule has 1 aliphatic heterocycles. The Kier molecular flexibility index (Phi) is 4.22. The lowest BCUT2D eigenvalue weighted by Crippen LogP contribution is -2.28. The number of aryl methyl sites for hydroxylation is 1. The molecule has 0 spiro atoms. The Morgan fingerprint density at radius 1 is 1.25 bits per heavy atom. The molecule has 1 amide bonds. The summed E-state index contributed by atoms with van der Waals surface area (Å²) < 4.78 is 5.77. The Hall–Kier alpha value is -1.95. The van der Waals surface area contributed by atoms with Crippen LogP contribution >= 0.6 is 11.3 Å². The minimum Gasteiger partial charge on any atom is -0.476 e. The molecule has 24 heavy (non-hydrogen) atoms. The molecule has 2 aromatic rings. The van der Waals surface area contributed by atoms with Crippen molar-refractivity contribution in [2.24, 2.45) is 5.92 Å². The first-order valence-electron chi connectivity index (χ1n) is 8.51. The highest BCUT2D eigenvalue weighted by atomic mass is 32.1. The molecule has 3 heterocycles. The van der Waals surface area contributed by atoms with E-state index in [0.29, 0.717) is 24.3 Å². The predicted octanol–water partition coefficient (Wildman–Crippen LogP) is 3.27. The van der Waals surface area contributed by atoms with Gasteiger partial charge in [0.2, 0.25) is 5.88 Å². The van der Waals surface area contributed by atoms with E-state index in [1.165, 1.54) is 17.7 Å². The molecule has 0 aromatic carbocycles. The van der Waals surface area contributed by atoms with Crippen molar-refractivity contribution in [2.75, 3.05) is 19.7 Å². The van der Waals surface area contributed by atoms with Crippen LogP contribution in [0.3, 0.4) is 0 Å². The van der Waals surface area contributed by atoms with Crippen LogP contribution < -0.4 is 4.74 Å². The van der Waals surface area contributed by atoms with Crippen LogP contribution in [0.15, 0.2) is 24.3 Å². The van der Waals surface area contributed by atoms with Crippen LogP contribution in [0, 0.1) is 12.8 Å². The normalized spacial score (nSPS) is 20.4. The molecule has 1 aliphatic carbocycles.